The van der Waals surface area contributed by atoms with Crippen LogP contribution in [0.15, 0.2) is 42.1 Å². The van der Waals surface area contributed by atoms with Gasteiger partial charge in [-0.25, -0.2) is 4.79 Å². The first-order chi connectivity index (χ1) is 7.52. The molecule has 1 N–H and O–H groups in total. The van der Waals surface area contributed by atoms with Gasteiger partial charge in [0, 0.05) is 25.9 Å². The minimum absolute atomic E-state index is 0.240. The van der Waals surface area contributed by atoms with Gasteiger partial charge in [0.1, 0.15) is 5.57 Å². The molecular formula is C12H13NO3. The van der Waals surface area contributed by atoms with E-state index in [9.17, 15) is 9.59 Å². The molecule has 1 aromatic carbocycles. The van der Waals surface area contributed by atoms with E-state index >= 15 is 0 Å². The predicted molar refractivity (Wildman–Crippen MR) is 60.2 cm³/mol. The van der Waals surface area contributed by atoms with E-state index in [1.165, 1.54) is 11.1 Å². The van der Waals surface area contributed by atoms with Crippen LogP contribution in [0.4, 0.5) is 0 Å². The van der Waals surface area contributed by atoms with Crippen molar-refractivity contribution in [3.63, 3.8) is 0 Å². The molecule has 1 rings (SSSR count). The summed E-state index contributed by atoms with van der Waals surface area (Å²) < 4.78 is 0. The smallest absolute Gasteiger partial charge is 0.341 e. The number of Topliss-reactive ketones (excluding diaryl/α,β-unsaturated/α-hetero) is 1. The lowest BCUT2D eigenvalue weighted by Gasteiger charge is -2.07. The van der Waals surface area contributed by atoms with Crippen molar-refractivity contribution in [3.05, 3.63) is 47.7 Å². The number of hydrogen-bond acceptors (Lipinski definition) is 3. The second-order valence-electron chi connectivity index (χ2n) is 3.51. The molecule has 1 aromatic rings. The highest BCUT2D eigenvalue weighted by Gasteiger charge is 2.18. The number of carboxylic acids is 1. The first-order valence-corrected chi connectivity index (χ1v) is 4.73. The maximum Gasteiger partial charge on any atom is 0.341 e. The number of hydrogen-bond donors (Lipinski definition) is 1. The number of carboxylic acid groups (broad SMARTS) is 1. The van der Waals surface area contributed by atoms with Gasteiger partial charge in [-0.2, -0.15) is 0 Å². The predicted octanol–water partition coefficient (Wildman–Crippen LogP) is 1.40. The molecule has 0 saturated carbocycles. The lowest BCUT2D eigenvalue weighted by atomic mass is 10.0. The summed E-state index contributed by atoms with van der Waals surface area (Å²) >= 11 is 0. The van der Waals surface area contributed by atoms with Crippen molar-refractivity contribution < 1.29 is 14.7 Å². The van der Waals surface area contributed by atoms with Gasteiger partial charge in [0.2, 0.25) is 5.78 Å². The van der Waals surface area contributed by atoms with Gasteiger partial charge in [0.15, 0.2) is 0 Å². The van der Waals surface area contributed by atoms with Gasteiger partial charge in [0.05, 0.1) is 0 Å². The summed E-state index contributed by atoms with van der Waals surface area (Å²) in [6, 6.07) is 8.35. The maximum absolute atomic E-state index is 11.8. The van der Waals surface area contributed by atoms with E-state index in [0.717, 1.165) is 0 Å². The summed E-state index contributed by atoms with van der Waals surface area (Å²) in [6.45, 7) is 0. The van der Waals surface area contributed by atoms with Crippen LogP contribution in [0.2, 0.25) is 0 Å². The number of ketones is 1. The monoisotopic (exact) mass is 219 g/mol. The van der Waals surface area contributed by atoms with Gasteiger partial charge in [-0.05, 0) is 0 Å². The van der Waals surface area contributed by atoms with Crippen LogP contribution in [0.25, 0.3) is 0 Å². The van der Waals surface area contributed by atoms with Crippen molar-refractivity contribution in [1.29, 1.82) is 0 Å². The Kier molecular flexibility index (Phi) is 3.83. The third-order valence-corrected chi connectivity index (χ3v) is 1.90. The van der Waals surface area contributed by atoms with Crippen LogP contribution in [0.3, 0.4) is 0 Å². The summed E-state index contributed by atoms with van der Waals surface area (Å²) in [6.07, 6.45) is 1.30. The van der Waals surface area contributed by atoms with Crippen LogP contribution in [0.1, 0.15) is 10.4 Å². The Morgan fingerprint density at radius 1 is 1.19 bits per heavy atom. The molecule has 0 aliphatic heterocycles. The average molecular weight is 219 g/mol. The molecule has 0 unspecified atom stereocenters. The Morgan fingerprint density at radius 2 is 1.75 bits per heavy atom. The van der Waals surface area contributed by atoms with Crippen LogP contribution in [-0.2, 0) is 4.79 Å². The maximum atomic E-state index is 11.8. The topological polar surface area (TPSA) is 57.6 Å². The van der Waals surface area contributed by atoms with Crippen LogP contribution in [-0.4, -0.2) is 35.9 Å². The van der Waals surface area contributed by atoms with E-state index in [4.69, 9.17) is 5.11 Å². The largest absolute Gasteiger partial charge is 0.477 e. The molecule has 0 aliphatic carbocycles. The molecule has 16 heavy (non-hydrogen) atoms. The van der Waals surface area contributed by atoms with E-state index in [0.29, 0.717) is 5.56 Å². The molecule has 0 amide bonds. The van der Waals surface area contributed by atoms with Crippen molar-refractivity contribution in [2.45, 2.75) is 0 Å². The summed E-state index contributed by atoms with van der Waals surface area (Å²) in [5.41, 5.74) is 0.134. The average Bonchev–Trinajstić information content (AvgIpc) is 2.25. The fourth-order valence-corrected chi connectivity index (χ4v) is 1.21. The number of nitrogens with zero attached hydrogens (tertiary/aromatic N) is 1. The van der Waals surface area contributed by atoms with Crippen LogP contribution < -0.4 is 0 Å². The standard InChI is InChI=1S/C12H13NO3/c1-13(2)8-10(12(15)16)11(14)9-6-4-3-5-7-9/h3-8H,1-2H3,(H,15,16)/b10-8-. The zero-order chi connectivity index (χ0) is 12.1. The minimum Gasteiger partial charge on any atom is -0.477 e. The molecule has 0 fully saturated rings. The first kappa shape index (κ1) is 12.0. The lowest BCUT2D eigenvalue weighted by Crippen LogP contribution is -2.16. The Bertz CT molecular complexity index is 421. The number of carbonyl (C=O) groups excluding carboxylic acids is 1. The second kappa shape index (κ2) is 5.11. The highest BCUT2D eigenvalue weighted by molar-refractivity contribution is 6.23. The summed E-state index contributed by atoms with van der Waals surface area (Å²) in [7, 11) is 3.34. The Balaban J connectivity index is 3.07. The van der Waals surface area contributed by atoms with Gasteiger partial charge in [-0.15, -0.1) is 0 Å². The summed E-state index contributed by atoms with van der Waals surface area (Å²) in [5.74, 6) is -1.70. The second-order valence-corrected chi connectivity index (χ2v) is 3.51. The third kappa shape index (κ3) is 2.95. The zero-order valence-electron chi connectivity index (χ0n) is 9.18. The Labute approximate surface area is 93.8 Å². The molecule has 0 atom stereocenters. The lowest BCUT2D eigenvalue weighted by molar-refractivity contribution is -0.132. The van der Waals surface area contributed by atoms with Crippen molar-refractivity contribution in [3.8, 4) is 0 Å². The molecule has 4 heteroatoms. The molecule has 84 valence electrons. The fourth-order valence-electron chi connectivity index (χ4n) is 1.21. The minimum atomic E-state index is -1.22. The van der Waals surface area contributed by atoms with Crippen molar-refractivity contribution in [2.75, 3.05) is 14.1 Å². The molecular weight excluding hydrogens is 206 g/mol. The van der Waals surface area contributed by atoms with E-state index in [2.05, 4.69) is 0 Å². The normalized spacial score (nSPS) is 11.0. The molecule has 0 radical (unpaired) electrons. The van der Waals surface area contributed by atoms with Crippen LogP contribution in [0, 0.1) is 0 Å². The Hall–Kier alpha value is -2.10. The number of carbonyl (C=O) groups is 2. The van der Waals surface area contributed by atoms with E-state index in [-0.39, 0.29) is 5.57 Å². The van der Waals surface area contributed by atoms with Gasteiger partial charge >= 0.3 is 5.97 Å². The fraction of sp³-hybridized carbons (Fsp3) is 0.167. The molecule has 0 spiro atoms. The third-order valence-electron chi connectivity index (χ3n) is 1.90. The SMILES string of the molecule is CN(C)/C=C(\C(=O)O)C(=O)c1ccccc1. The summed E-state index contributed by atoms with van der Waals surface area (Å²) in [4.78, 5) is 24.3. The van der Waals surface area contributed by atoms with Gasteiger partial charge in [-0.1, -0.05) is 30.3 Å². The van der Waals surface area contributed by atoms with Crippen molar-refractivity contribution >= 4 is 11.8 Å². The van der Waals surface area contributed by atoms with Crippen molar-refractivity contribution in [1.82, 2.24) is 4.90 Å². The van der Waals surface area contributed by atoms with Crippen molar-refractivity contribution in [2.24, 2.45) is 0 Å². The molecule has 0 saturated heterocycles. The Morgan fingerprint density at radius 3 is 2.19 bits per heavy atom. The highest BCUT2D eigenvalue weighted by Crippen LogP contribution is 2.08. The first-order valence-electron chi connectivity index (χ1n) is 4.73. The van der Waals surface area contributed by atoms with Crippen LogP contribution in [0.5, 0.6) is 0 Å². The molecule has 0 bridgehead atoms. The van der Waals surface area contributed by atoms with Crippen LogP contribution >= 0.6 is 0 Å². The highest BCUT2D eigenvalue weighted by atomic mass is 16.4. The van der Waals surface area contributed by atoms with Gasteiger partial charge in [0.25, 0.3) is 0 Å². The van der Waals surface area contributed by atoms with Gasteiger partial charge in [-0.3, -0.25) is 4.79 Å². The molecule has 0 aliphatic rings. The number of aliphatic carboxylic acids is 1. The quantitative estimate of drug-likeness (QED) is 0.360. The molecule has 0 aromatic heterocycles. The number of rotatable bonds is 4. The van der Waals surface area contributed by atoms with Gasteiger partial charge < -0.3 is 10.0 Å². The number of benzene rings is 1. The van der Waals surface area contributed by atoms with E-state index < -0.39 is 11.8 Å². The van der Waals surface area contributed by atoms with E-state index in [1.54, 1.807) is 44.4 Å². The molecule has 0 heterocycles. The van der Waals surface area contributed by atoms with E-state index in [1.807, 2.05) is 0 Å². The summed E-state index contributed by atoms with van der Waals surface area (Å²) in [5, 5.41) is 8.94. The zero-order valence-corrected chi connectivity index (χ0v) is 9.18. The molecule has 4 nitrogen and oxygen atoms in total.